The lowest BCUT2D eigenvalue weighted by Crippen LogP contribution is -2.15. The fraction of sp³-hybridized carbons (Fsp3) is 0.278. The summed E-state index contributed by atoms with van der Waals surface area (Å²) < 4.78 is 30.1. The van der Waals surface area contributed by atoms with Gasteiger partial charge in [-0.2, -0.15) is 8.78 Å². The molecule has 1 N–H and O–H groups in total. The molecule has 0 radical (unpaired) electrons. The van der Waals surface area contributed by atoms with Crippen molar-refractivity contribution in [3.63, 3.8) is 0 Å². The summed E-state index contributed by atoms with van der Waals surface area (Å²) >= 11 is 0.474. The van der Waals surface area contributed by atoms with Crippen molar-refractivity contribution in [3.05, 3.63) is 53.6 Å². The number of aryl methyl sites for hydroxylation is 2. The van der Waals surface area contributed by atoms with Crippen LogP contribution in [0.2, 0.25) is 0 Å². The summed E-state index contributed by atoms with van der Waals surface area (Å²) in [4.78, 5) is 12.4. The third-order valence-corrected chi connectivity index (χ3v) is 4.02. The van der Waals surface area contributed by atoms with Gasteiger partial charge in [-0.15, -0.1) is 0 Å². The zero-order valence-electron chi connectivity index (χ0n) is 13.5. The number of amides is 1. The zero-order valence-corrected chi connectivity index (χ0v) is 14.3. The number of hydrogen-bond donors (Lipinski definition) is 1. The van der Waals surface area contributed by atoms with Gasteiger partial charge in [0.1, 0.15) is 5.75 Å². The summed E-state index contributed by atoms with van der Waals surface area (Å²) in [5.74, 6) is -1.86. The van der Waals surface area contributed by atoms with E-state index in [1.165, 1.54) is 0 Å². The van der Waals surface area contributed by atoms with Crippen LogP contribution in [0.3, 0.4) is 0 Å². The van der Waals surface area contributed by atoms with E-state index in [0.717, 1.165) is 16.9 Å². The maximum absolute atomic E-state index is 12.2. The lowest BCUT2D eigenvalue weighted by atomic mass is 10.1. The fourth-order valence-electron chi connectivity index (χ4n) is 2.06. The number of rotatable bonds is 7. The van der Waals surface area contributed by atoms with Crippen LogP contribution < -0.4 is 10.1 Å². The van der Waals surface area contributed by atoms with Gasteiger partial charge in [0.2, 0.25) is 5.91 Å². The summed E-state index contributed by atoms with van der Waals surface area (Å²) in [5, 5.41) is 2.72. The highest BCUT2D eigenvalue weighted by atomic mass is 32.2. The number of thioether (sulfide) groups is 1. The first-order chi connectivity index (χ1) is 11.4. The van der Waals surface area contributed by atoms with Crippen molar-refractivity contribution in [1.29, 1.82) is 0 Å². The zero-order chi connectivity index (χ0) is 17.5. The highest BCUT2D eigenvalue weighted by Crippen LogP contribution is 2.26. The molecular formula is C18H19F2NO2S. The van der Waals surface area contributed by atoms with E-state index in [4.69, 9.17) is 4.74 Å². The number of anilines is 1. The number of ether oxygens (including phenoxy) is 1. The monoisotopic (exact) mass is 351 g/mol. The third kappa shape index (κ3) is 5.85. The van der Waals surface area contributed by atoms with E-state index in [0.29, 0.717) is 22.3 Å². The number of halogens is 2. The van der Waals surface area contributed by atoms with Crippen LogP contribution in [0, 0.1) is 13.8 Å². The second-order valence-electron chi connectivity index (χ2n) is 5.32. The smallest absolute Gasteiger partial charge is 0.288 e. The Morgan fingerprint density at radius 1 is 1.17 bits per heavy atom. The SMILES string of the molecule is Cc1ccc(C)c(OCCC(=O)Nc2ccc(SC(F)F)cc2)c1. The van der Waals surface area contributed by atoms with Crippen molar-refractivity contribution in [3.8, 4) is 5.75 Å². The molecule has 0 bridgehead atoms. The fourth-order valence-corrected chi connectivity index (χ4v) is 2.56. The Labute approximate surface area is 144 Å². The molecule has 24 heavy (non-hydrogen) atoms. The molecule has 0 aliphatic heterocycles. The predicted molar refractivity (Wildman–Crippen MR) is 93.0 cm³/mol. The summed E-state index contributed by atoms with van der Waals surface area (Å²) in [6.07, 6.45) is 0.209. The Balaban J connectivity index is 1.80. The van der Waals surface area contributed by atoms with Gasteiger partial charge in [-0.1, -0.05) is 23.9 Å². The van der Waals surface area contributed by atoms with Crippen molar-refractivity contribution in [2.45, 2.75) is 30.9 Å². The first kappa shape index (κ1) is 18.3. The van der Waals surface area contributed by atoms with E-state index in [-0.39, 0.29) is 18.9 Å². The van der Waals surface area contributed by atoms with Crippen molar-refractivity contribution in [2.75, 3.05) is 11.9 Å². The standard InChI is InChI=1S/C18H19F2NO2S/c1-12-3-4-13(2)16(11-12)23-10-9-17(22)21-14-5-7-15(8-6-14)24-18(19)20/h3-8,11,18H,9-10H2,1-2H3,(H,21,22). The molecule has 128 valence electrons. The van der Waals surface area contributed by atoms with E-state index in [9.17, 15) is 13.6 Å². The van der Waals surface area contributed by atoms with E-state index < -0.39 is 5.76 Å². The average Bonchev–Trinajstić information content (AvgIpc) is 2.52. The number of alkyl halides is 2. The number of nitrogens with one attached hydrogen (secondary N) is 1. The van der Waals surface area contributed by atoms with E-state index in [1.807, 2.05) is 32.0 Å². The van der Waals surface area contributed by atoms with Crippen LogP contribution in [0.15, 0.2) is 47.4 Å². The Bertz CT molecular complexity index is 690. The van der Waals surface area contributed by atoms with Gasteiger partial charge in [-0.3, -0.25) is 4.79 Å². The van der Waals surface area contributed by atoms with Crippen LogP contribution in [0.5, 0.6) is 5.75 Å². The molecule has 0 aliphatic rings. The lowest BCUT2D eigenvalue weighted by molar-refractivity contribution is -0.116. The first-order valence-corrected chi connectivity index (χ1v) is 8.37. The van der Waals surface area contributed by atoms with Crippen molar-refractivity contribution >= 4 is 23.4 Å². The van der Waals surface area contributed by atoms with Crippen LogP contribution in [-0.4, -0.2) is 18.3 Å². The molecule has 2 aromatic rings. The van der Waals surface area contributed by atoms with Crippen LogP contribution in [0.25, 0.3) is 0 Å². The van der Waals surface area contributed by atoms with Gasteiger partial charge >= 0.3 is 0 Å². The number of carbonyl (C=O) groups excluding carboxylic acids is 1. The molecule has 0 unspecified atom stereocenters. The minimum absolute atomic E-state index is 0.186. The molecule has 2 rings (SSSR count). The molecule has 0 fully saturated rings. The van der Waals surface area contributed by atoms with Crippen LogP contribution in [0.4, 0.5) is 14.5 Å². The Morgan fingerprint density at radius 3 is 2.54 bits per heavy atom. The molecule has 1 amide bonds. The predicted octanol–water partition coefficient (Wildman–Crippen LogP) is 5.03. The van der Waals surface area contributed by atoms with Crippen molar-refractivity contribution in [1.82, 2.24) is 0 Å². The van der Waals surface area contributed by atoms with Crippen molar-refractivity contribution < 1.29 is 18.3 Å². The van der Waals surface area contributed by atoms with Crippen LogP contribution in [0.1, 0.15) is 17.5 Å². The summed E-state index contributed by atoms with van der Waals surface area (Å²) in [6, 6.07) is 12.2. The Kier molecular flexibility index (Phi) is 6.61. The van der Waals surface area contributed by atoms with Gasteiger partial charge in [0.05, 0.1) is 13.0 Å². The second-order valence-corrected chi connectivity index (χ2v) is 6.38. The van der Waals surface area contributed by atoms with Gasteiger partial charge in [-0.25, -0.2) is 0 Å². The summed E-state index contributed by atoms with van der Waals surface area (Å²) in [5.41, 5.74) is 2.69. The van der Waals surface area contributed by atoms with E-state index in [1.54, 1.807) is 24.3 Å². The molecule has 0 spiro atoms. The Hall–Kier alpha value is -2.08. The first-order valence-electron chi connectivity index (χ1n) is 7.49. The normalized spacial score (nSPS) is 10.7. The molecular weight excluding hydrogens is 332 g/mol. The van der Waals surface area contributed by atoms with Crippen LogP contribution in [-0.2, 0) is 4.79 Å². The molecule has 0 aromatic heterocycles. The van der Waals surface area contributed by atoms with Crippen molar-refractivity contribution in [2.24, 2.45) is 0 Å². The highest BCUT2D eigenvalue weighted by Gasteiger charge is 2.07. The quantitative estimate of drug-likeness (QED) is 0.711. The second kappa shape index (κ2) is 8.68. The van der Waals surface area contributed by atoms with Gasteiger partial charge in [0.15, 0.2) is 0 Å². The third-order valence-electron chi connectivity index (χ3n) is 3.29. The molecule has 3 nitrogen and oxygen atoms in total. The molecule has 0 saturated carbocycles. The average molecular weight is 351 g/mol. The maximum atomic E-state index is 12.2. The summed E-state index contributed by atoms with van der Waals surface area (Å²) in [7, 11) is 0. The number of benzene rings is 2. The number of hydrogen-bond acceptors (Lipinski definition) is 3. The maximum Gasteiger partial charge on any atom is 0.288 e. The molecule has 2 aromatic carbocycles. The highest BCUT2D eigenvalue weighted by molar-refractivity contribution is 7.99. The van der Waals surface area contributed by atoms with Gasteiger partial charge in [0, 0.05) is 10.6 Å². The number of carbonyl (C=O) groups is 1. The van der Waals surface area contributed by atoms with E-state index in [2.05, 4.69) is 5.32 Å². The molecule has 0 heterocycles. The lowest BCUT2D eigenvalue weighted by Gasteiger charge is -2.10. The molecule has 0 atom stereocenters. The Morgan fingerprint density at radius 2 is 1.88 bits per heavy atom. The largest absolute Gasteiger partial charge is 0.493 e. The minimum Gasteiger partial charge on any atom is -0.493 e. The van der Waals surface area contributed by atoms with E-state index >= 15 is 0 Å². The molecule has 0 saturated heterocycles. The van der Waals surface area contributed by atoms with Gasteiger partial charge in [-0.05, 0) is 55.3 Å². The van der Waals surface area contributed by atoms with Gasteiger partial charge in [0.25, 0.3) is 5.76 Å². The minimum atomic E-state index is -2.45. The van der Waals surface area contributed by atoms with Crippen LogP contribution >= 0.6 is 11.8 Å². The topological polar surface area (TPSA) is 38.3 Å². The summed E-state index contributed by atoms with van der Waals surface area (Å²) in [6.45, 7) is 4.21. The molecule has 0 aliphatic carbocycles. The molecule has 6 heteroatoms. The van der Waals surface area contributed by atoms with Gasteiger partial charge < -0.3 is 10.1 Å².